The maximum atomic E-state index is 12.9. The summed E-state index contributed by atoms with van der Waals surface area (Å²) in [6, 6.07) is 7.02. The van der Waals surface area contributed by atoms with E-state index in [1.165, 1.54) is 6.07 Å². The van der Waals surface area contributed by atoms with Gasteiger partial charge in [0.15, 0.2) is 11.6 Å². The van der Waals surface area contributed by atoms with Gasteiger partial charge in [-0.2, -0.15) is 0 Å². The Labute approximate surface area is 103 Å². The average Bonchev–Trinajstić information content (AvgIpc) is 2.79. The van der Waals surface area contributed by atoms with Gasteiger partial charge in [-0.3, -0.25) is 0 Å². The first kappa shape index (κ1) is 12.6. The molecule has 1 aromatic heterocycles. The number of ether oxygens (including phenoxy) is 1. The fraction of sp³-hybridized carbons (Fsp3) is 0.231. The van der Waals surface area contributed by atoms with Crippen molar-refractivity contribution in [2.24, 2.45) is 0 Å². The Bertz CT molecular complexity index is 525. The number of hydrogen-bond donors (Lipinski definition) is 1. The van der Waals surface area contributed by atoms with Gasteiger partial charge in [0.25, 0.3) is 0 Å². The minimum Gasteiger partial charge on any atom is -0.486 e. The number of benzene rings is 1. The lowest BCUT2D eigenvalue weighted by atomic mass is 10.3. The van der Waals surface area contributed by atoms with E-state index in [9.17, 15) is 8.78 Å². The zero-order valence-corrected chi connectivity index (χ0v) is 9.87. The van der Waals surface area contributed by atoms with Crippen LogP contribution in [-0.2, 0) is 13.2 Å². The molecule has 0 aliphatic heterocycles. The molecule has 0 bridgehead atoms. The van der Waals surface area contributed by atoms with Gasteiger partial charge in [0.05, 0.1) is 6.54 Å². The Morgan fingerprint density at radius 1 is 1.11 bits per heavy atom. The summed E-state index contributed by atoms with van der Waals surface area (Å²) < 4.78 is 36.4. The monoisotopic (exact) mass is 253 g/mol. The van der Waals surface area contributed by atoms with Crippen molar-refractivity contribution in [2.75, 3.05) is 7.05 Å². The number of halogens is 2. The molecule has 0 saturated heterocycles. The van der Waals surface area contributed by atoms with Crippen molar-refractivity contribution in [1.29, 1.82) is 0 Å². The van der Waals surface area contributed by atoms with E-state index >= 15 is 0 Å². The molecular formula is C13H13F2NO2. The van der Waals surface area contributed by atoms with Crippen LogP contribution in [0.4, 0.5) is 8.78 Å². The fourth-order valence-corrected chi connectivity index (χ4v) is 1.49. The lowest BCUT2D eigenvalue weighted by Crippen LogP contribution is -2.03. The van der Waals surface area contributed by atoms with Crippen LogP contribution in [0.1, 0.15) is 11.5 Å². The maximum Gasteiger partial charge on any atom is 0.162 e. The molecule has 0 aliphatic carbocycles. The SMILES string of the molecule is CNCc1ccc(COc2ccc(F)c(F)c2)o1. The van der Waals surface area contributed by atoms with Crippen LogP contribution in [-0.4, -0.2) is 7.05 Å². The zero-order valence-electron chi connectivity index (χ0n) is 9.87. The molecule has 0 radical (unpaired) electrons. The van der Waals surface area contributed by atoms with Gasteiger partial charge >= 0.3 is 0 Å². The van der Waals surface area contributed by atoms with E-state index < -0.39 is 11.6 Å². The molecule has 0 amide bonds. The molecule has 0 saturated carbocycles. The summed E-state index contributed by atoms with van der Waals surface area (Å²) in [4.78, 5) is 0. The Morgan fingerprint density at radius 3 is 2.61 bits per heavy atom. The molecule has 18 heavy (non-hydrogen) atoms. The van der Waals surface area contributed by atoms with Crippen molar-refractivity contribution in [2.45, 2.75) is 13.2 Å². The van der Waals surface area contributed by atoms with Gasteiger partial charge in [-0.05, 0) is 31.3 Å². The third-order valence-electron chi connectivity index (χ3n) is 2.34. The van der Waals surface area contributed by atoms with Gasteiger partial charge in [0, 0.05) is 6.07 Å². The normalized spacial score (nSPS) is 10.6. The van der Waals surface area contributed by atoms with Gasteiger partial charge in [-0.25, -0.2) is 8.78 Å². The lowest BCUT2D eigenvalue weighted by molar-refractivity contribution is 0.263. The summed E-state index contributed by atoms with van der Waals surface area (Å²) in [6.45, 7) is 0.806. The summed E-state index contributed by atoms with van der Waals surface area (Å²) in [5.74, 6) is -0.133. The fourth-order valence-electron chi connectivity index (χ4n) is 1.49. The van der Waals surface area contributed by atoms with Crippen LogP contribution in [0.15, 0.2) is 34.7 Å². The smallest absolute Gasteiger partial charge is 0.162 e. The predicted octanol–water partition coefficient (Wildman–Crippen LogP) is 2.86. The van der Waals surface area contributed by atoms with Gasteiger partial charge in [0.1, 0.15) is 23.9 Å². The summed E-state index contributed by atoms with van der Waals surface area (Å²) in [7, 11) is 1.82. The van der Waals surface area contributed by atoms with Crippen LogP contribution in [0.25, 0.3) is 0 Å². The molecular weight excluding hydrogens is 240 g/mol. The topological polar surface area (TPSA) is 34.4 Å². The second-order valence-corrected chi connectivity index (χ2v) is 3.76. The molecule has 1 aromatic carbocycles. The summed E-state index contributed by atoms with van der Waals surface area (Å²) >= 11 is 0. The van der Waals surface area contributed by atoms with Crippen LogP contribution in [0.2, 0.25) is 0 Å². The molecule has 0 aliphatic rings. The van der Waals surface area contributed by atoms with Crippen molar-refractivity contribution in [3.05, 3.63) is 53.5 Å². The van der Waals surface area contributed by atoms with Crippen LogP contribution in [0, 0.1) is 11.6 Å². The van der Waals surface area contributed by atoms with Crippen molar-refractivity contribution < 1.29 is 17.9 Å². The first-order valence-corrected chi connectivity index (χ1v) is 5.49. The van der Waals surface area contributed by atoms with E-state index in [2.05, 4.69) is 5.32 Å². The van der Waals surface area contributed by atoms with Crippen LogP contribution in [0.3, 0.4) is 0 Å². The zero-order chi connectivity index (χ0) is 13.0. The Morgan fingerprint density at radius 2 is 1.89 bits per heavy atom. The molecule has 0 spiro atoms. The number of nitrogens with one attached hydrogen (secondary N) is 1. The van der Waals surface area contributed by atoms with Crippen molar-refractivity contribution in [1.82, 2.24) is 5.32 Å². The molecule has 0 fully saturated rings. The highest BCUT2D eigenvalue weighted by atomic mass is 19.2. The number of furan rings is 1. The second-order valence-electron chi connectivity index (χ2n) is 3.76. The molecule has 96 valence electrons. The average molecular weight is 253 g/mol. The highest BCUT2D eigenvalue weighted by Crippen LogP contribution is 2.17. The van der Waals surface area contributed by atoms with E-state index in [0.29, 0.717) is 12.3 Å². The Balaban J connectivity index is 1.95. The van der Waals surface area contributed by atoms with E-state index in [0.717, 1.165) is 17.9 Å². The third-order valence-corrected chi connectivity index (χ3v) is 2.34. The lowest BCUT2D eigenvalue weighted by Gasteiger charge is -2.04. The second kappa shape index (κ2) is 5.64. The Kier molecular flexibility index (Phi) is 3.94. The minimum absolute atomic E-state index is 0.175. The summed E-state index contributed by atoms with van der Waals surface area (Å²) in [6.07, 6.45) is 0. The van der Waals surface area contributed by atoms with Crippen LogP contribution < -0.4 is 10.1 Å². The van der Waals surface area contributed by atoms with Crippen molar-refractivity contribution in [3.8, 4) is 5.75 Å². The summed E-state index contributed by atoms with van der Waals surface area (Å²) in [5, 5.41) is 2.96. The minimum atomic E-state index is -0.928. The standard InChI is InChI=1S/C13H13F2NO2/c1-16-7-10-2-3-11(18-10)8-17-9-4-5-12(14)13(15)6-9/h2-6,16H,7-8H2,1H3. The summed E-state index contributed by atoms with van der Waals surface area (Å²) in [5.41, 5.74) is 0. The molecule has 1 heterocycles. The van der Waals surface area contributed by atoms with Gasteiger partial charge in [-0.15, -0.1) is 0 Å². The quantitative estimate of drug-likeness (QED) is 0.889. The van der Waals surface area contributed by atoms with E-state index in [1.54, 1.807) is 6.07 Å². The molecule has 3 nitrogen and oxygen atoms in total. The van der Waals surface area contributed by atoms with Gasteiger partial charge in [-0.1, -0.05) is 0 Å². The molecule has 2 rings (SSSR count). The number of hydrogen-bond acceptors (Lipinski definition) is 3. The van der Waals surface area contributed by atoms with E-state index in [-0.39, 0.29) is 12.4 Å². The third kappa shape index (κ3) is 3.07. The first-order chi connectivity index (χ1) is 8.69. The maximum absolute atomic E-state index is 12.9. The predicted molar refractivity (Wildman–Crippen MR) is 62.2 cm³/mol. The largest absolute Gasteiger partial charge is 0.486 e. The van der Waals surface area contributed by atoms with Crippen LogP contribution in [0.5, 0.6) is 5.75 Å². The molecule has 2 aromatic rings. The number of rotatable bonds is 5. The Hall–Kier alpha value is -1.88. The van der Waals surface area contributed by atoms with Crippen molar-refractivity contribution >= 4 is 0 Å². The molecule has 1 N–H and O–H groups in total. The van der Waals surface area contributed by atoms with Gasteiger partial charge < -0.3 is 14.5 Å². The van der Waals surface area contributed by atoms with Crippen LogP contribution >= 0.6 is 0 Å². The van der Waals surface area contributed by atoms with E-state index in [4.69, 9.17) is 9.15 Å². The molecule has 5 heteroatoms. The molecule has 0 atom stereocenters. The highest BCUT2D eigenvalue weighted by Gasteiger charge is 2.05. The first-order valence-electron chi connectivity index (χ1n) is 5.49. The van der Waals surface area contributed by atoms with E-state index in [1.807, 2.05) is 13.1 Å². The van der Waals surface area contributed by atoms with Gasteiger partial charge in [0.2, 0.25) is 0 Å². The highest BCUT2D eigenvalue weighted by molar-refractivity contribution is 5.23. The van der Waals surface area contributed by atoms with Crippen molar-refractivity contribution in [3.63, 3.8) is 0 Å². The molecule has 0 unspecified atom stereocenters.